The molecule has 0 aliphatic rings. The average Bonchev–Trinajstić information content (AvgIpc) is 2.17. The number of hydrogen-bond donors (Lipinski definition) is 1. The normalized spacial score (nSPS) is 11.7. The van der Waals surface area contributed by atoms with Crippen molar-refractivity contribution in [3.8, 4) is 0 Å². The molecular formula is C13H21NS. The number of nitrogens with two attached hydrogens (primary N) is 1. The van der Waals surface area contributed by atoms with Gasteiger partial charge in [-0.05, 0) is 57.1 Å². The second-order valence-electron chi connectivity index (χ2n) is 4.69. The van der Waals surface area contributed by atoms with Gasteiger partial charge in [-0.2, -0.15) is 0 Å². The Bertz CT molecular complexity index is 284. The fourth-order valence-corrected chi connectivity index (χ4v) is 1.95. The topological polar surface area (TPSA) is 26.0 Å². The molecule has 0 amide bonds. The van der Waals surface area contributed by atoms with E-state index in [-0.39, 0.29) is 5.54 Å². The van der Waals surface area contributed by atoms with E-state index in [1.54, 1.807) is 11.8 Å². The van der Waals surface area contributed by atoms with Gasteiger partial charge in [-0.15, -0.1) is 11.8 Å². The summed E-state index contributed by atoms with van der Waals surface area (Å²) in [6.45, 7) is 4.17. The predicted molar refractivity (Wildman–Crippen MR) is 69.4 cm³/mol. The SMILES string of the molecule is CSc1ccc(CCCC(C)(C)N)cc1. The summed E-state index contributed by atoms with van der Waals surface area (Å²) in [6, 6.07) is 8.81. The van der Waals surface area contributed by atoms with Crippen molar-refractivity contribution in [1.82, 2.24) is 0 Å². The van der Waals surface area contributed by atoms with Crippen LogP contribution in [0.25, 0.3) is 0 Å². The molecule has 0 radical (unpaired) electrons. The highest BCUT2D eigenvalue weighted by molar-refractivity contribution is 7.98. The maximum atomic E-state index is 5.94. The highest BCUT2D eigenvalue weighted by Gasteiger charge is 2.09. The third-order valence-electron chi connectivity index (χ3n) is 2.45. The quantitative estimate of drug-likeness (QED) is 0.774. The van der Waals surface area contributed by atoms with Crippen molar-refractivity contribution < 1.29 is 0 Å². The minimum absolute atomic E-state index is 0.0286. The van der Waals surface area contributed by atoms with E-state index in [1.165, 1.54) is 16.9 Å². The van der Waals surface area contributed by atoms with E-state index in [1.807, 2.05) is 0 Å². The van der Waals surface area contributed by atoms with Crippen molar-refractivity contribution in [2.24, 2.45) is 5.73 Å². The number of rotatable bonds is 5. The molecule has 15 heavy (non-hydrogen) atoms. The minimum Gasteiger partial charge on any atom is -0.326 e. The van der Waals surface area contributed by atoms with E-state index in [4.69, 9.17) is 5.73 Å². The molecule has 1 rings (SSSR count). The first-order chi connectivity index (χ1) is 7.01. The molecule has 84 valence electrons. The molecule has 0 saturated carbocycles. The van der Waals surface area contributed by atoms with E-state index >= 15 is 0 Å². The number of hydrogen-bond acceptors (Lipinski definition) is 2. The summed E-state index contributed by atoms with van der Waals surface area (Å²) in [5.41, 5.74) is 7.33. The molecule has 1 aromatic rings. The van der Waals surface area contributed by atoms with Crippen molar-refractivity contribution in [2.45, 2.75) is 43.5 Å². The van der Waals surface area contributed by atoms with Crippen LogP contribution in [-0.4, -0.2) is 11.8 Å². The predicted octanol–water partition coefficient (Wildman–Crippen LogP) is 3.47. The van der Waals surface area contributed by atoms with Crippen LogP contribution in [0.1, 0.15) is 32.3 Å². The summed E-state index contributed by atoms with van der Waals surface area (Å²) in [6.07, 6.45) is 5.49. The van der Waals surface area contributed by atoms with Crippen molar-refractivity contribution >= 4 is 11.8 Å². The van der Waals surface area contributed by atoms with Gasteiger partial charge in [0.05, 0.1) is 0 Å². The van der Waals surface area contributed by atoms with Crippen LogP contribution in [0, 0.1) is 0 Å². The summed E-state index contributed by atoms with van der Waals surface area (Å²) in [4.78, 5) is 1.33. The molecular weight excluding hydrogens is 202 g/mol. The van der Waals surface area contributed by atoms with Gasteiger partial charge < -0.3 is 5.73 Å². The summed E-state index contributed by atoms with van der Waals surface area (Å²) >= 11 is 1.79. The Balaban J connectivity index is 2.38. The zero-order valence-corrected chi connectivity index (χ0v) is 10.7. The van der Waals surface area contributed by atoms with Gasteiger partial charge in [0.2, 0.25) is 0 Å². The molecule has 0 bridgehead atoms. The van der Waals surface area contributed by atoms with E-state index in [2.05, 4.69) is 44.4 Å². The molecule has 0 aliphatic carbocycles. The Morgan fingerprint density at radius 1 is 1.20 bits per heavy atom. The van der Waals surface area contributed by atoms with Crippen LogP contribution in [0.3, 0.4) is 0 Å². The standard InChI is InChI=1S/C13H21NS/c1-13(2,14)10-4-5-11-6-8-12(15-3)9-7-11/h6-9H,4-5,10,14H2,1-3H3. The first-order valence-corrected chi connectivity index (χ1v) is 6.65. The van der Waals surface area contributed by atoms with Crippen molar-refractivity contribution in [3.05, 3.63) is 29.8 Å². The van der Waals surface area contributed by atoms with Gasteiger partial charge >= 0.3 is 0 Å². The number of thioether (sulfide) groups is 1. The molecule has 2 N–H and O–H groups in total. The van der Waals surface area contributed by atoms with Crippen LogP contribution in [0.2, 0.25) is 0 Å². The Kier molecular flexibility index (Phi) is 4.68. The van der Waals surface area contributed by atoms with Gasteiger partial charge in [-0.1, -0.05) is 12.1 Å². The number of benzene rings is 1. The Morgan fingerprint density at radius 2 is 1.80 bits per heavy atom. The molecule has 0 aromatic heterocycles. The van der Waals surface area contributed by atoms with Crippen LogP contribution in [0.15, 0.2) is 29.2 Å². The molecule has 0 unspecified atom stereocenters. The lowest BCUT2D eigenvalue weighted by molar-refractivity contribution is 0.459. The Hall–Kier alpha value is -0.470. The van der Waals surface area contributed by atoms with E-state index in [0.29, 0.717) is 0 Å². The molecule has 0 saturated heterocycles. The molecule has 2 heteroatoms. The molecule has 0 spiro atoms. The Labute approximate surface area is 97.4 Å². The Morgan fingerprint density at radius 3 is 2.27 bits per heavy atom. The van der Waals surface area contributed by atoms with Gasteiger partial charge in [0.25, 0.3) is 0 Å². The first-order valence-electron chi connectivity index (χ1n) is 5.43. The lowest BCUT2D eigenvalue weighted by atomic mass is 9.97. The van der Waals surface area contributed by atoms with Gasteiger partial charge in [0.15, 0.2) is 0 Å². The van der Waals surface area contributed by atoms with E-state index < -0.39 is 0 Å². The summed E-state index contributed by atoms with van der Waals surface area (Å²) < 4.78 is 0. The average molecular weight is 223 g/mol. The zero-order valence-electron chi connectivity index (χ0n) is 9.92. The molecule has 0 fully saturated rings. The third-order valence-corrected chi connectivity index (χ3v) is 3.19. The van der Waals surface area contributed by atoms with Crippen LogP contribution < -0.4 is 5.73 Å². The summed E-state index contributed by atoms with van der Waals surface area (Å²) in [5, 5.41) is 0. The molecule has 1 aromatic carbocycles. The van der Waals surface area contributed by atoms with Crippen LogP contribution in [0.4, 0.5) is 0 Å². The maximum absolute atomic E-state index is 5.94. The largest absolute Gasteiger partial charge is 0.326 e. The smallest absolute Gasteiger partial charge is 0.00971 e. The highest BCUT2D eigenvalue weighted by atomic mass is 32.2. The van der Waals surface area contributed by atoms with E-state index in [0.717, 1.165) is 12.8 Å². The lowest BCUT2D eigenvalue weighted by Crippen LogP contribution is -2.31. The van der Waals surface area contributed by atoms with Crippen LogP contribution in [-0.2, 0) is 6.42 Å². The second-order valence-corrected chi connectivity index (χ2v) is 5.57. The fraction of sp³-hybridized carbons (Fsp3) is 0.538. The van der Waals surface area contributed by atoms with E-state index in [9.17, 15) is 0 Å². The summed E-state index contributed by atoms with van der Waals surface area (Å²) in [7, 11) is 0. The van der Waals surface area contributed by atoms with Gasteiger partial charge in [0.1, 0.15) is 0 Å². The third kappa shape index (κ3) is 5.24. The van der Waals surface area contributed by atoms with Gasteiger partial charge in [-0.3, -0.25) is 0 Å². The van der Waals surface area contributed by atoms with Gasteiger partial charge in [-0.25, -0.2) is 0 Å². The highest BCUT2D eigenvalue weighted by Crippen LogP contribution is 2.17. The van der Waals surface area contributed by atoms with Crippen molar-refractivity contribution in [3.63, 3.8) is 0 Å². The number of aryl methyl sites for hydroxylation is 1. The minimum atomic E-state index is -0.0286. The zero-order chi connectivity index (χ0) is 11.3. The molecule has 0 atom stereocenters. The first kappa shape index (κ1) is 12.6. The maximum Gasteiger partial charge on any atom is 0.00971 e. The summed E-state index contributed by atoms with van der Waals surface area (Å²) in [5.74, 6) is 0. The molecule has 1 nitrogen and oxygen atoms in total. The lowest BCUT2D eigenvalue weighted by Gasteiger charge is -2.17. The van der Waals surface area contributed by atoms with Crippen molar-refractivity contribution in [1.29, 1.82) is 0 Å². The van der Waals surface area contributed by atoms with Crippen LogP contribution in [0.5, 0.6) is 0 Å². The second kappa shape index (κ2) is 5.57. The monoisotopic (exact) mass is 223 g/mol. The van der Waals surface area contributed by atoms with Gasteiger partial charge in [0, 0.05) is 10.4 Å². The molecule has 0 heterocycles. The molecule has 0 aliphatic heterocycles. The van der Waals surface area contributed by atoms with Crippen LogP contribution >= 0.6 is 11.8 Å². The van der Waals surface area contributed by atoms with Crippen molar-refractivity contribution in [2.75, 3.05) is 6.26 Å². The fourth-order valence-electron chi connectivity index (χ4n) is 1.54.